The number of hydrogen-bond donors (Lipinski definition) is 2. The monoisotopic (exact) mass is 265 g/mol. The Morgan fingerprint density at radius 3 is 2.63 bits per heavy atom. The number of anilines is 1. The fourth-order valence-corrected chi connectivity index (χ4v) is 1.67. The van der Waals surface area contributed by atoms with E-state index in [9.17, 15) is 4.79 Å². The predicted octanol–water partition coefficient (Wildman–Crippen LogP) is 2.27. The molecule has 106 valence electrons. The number of pyridine rings is 1. The first-order valence-corrected chi connectivity index (χ1v) is 6.54. The fraction of sp³-hybridized carbons (Fsp3) is 0.571. The highest BCUT2D eigenvalue weighted by Gasteiger charge is 2.10. The second-order valence-corrected chi connectivity index (χ2v) is 5.21. The van der Waals surface area contributed by atoms with Crippen molar-refractivity contribution in [3.8, 4) is 0 Å². The lowest BCUT2D eigenvalue weighted by Gasteiger charge is -2.12. The molecule has 0 bridgehead atoms. The average Bonchev–Trinajstić information content (AvgIpc) is 2.34. The molecule has 0 radical (unpaired) electrons. The molecule has 1 aromatic rings. The fourth-order valence-electron chi connectivity index (χ4n) is 1.67. The molecular formula is C14H23N3O2. The quantitative estimate of drug-likeness (QED) is 0.740. The molecule has 0 aliphatic rings. The first kappa shape index (κ1) is 15.4. The SMILES string of the molecule is CC(C)c1cc(C(=O)O)cc(NCCCN(C)C)n1. The van der Waals surface area contributed by atoms with E-state index in [1.807, 2.05) is 27.9 Å². The van der Waals surface area contributed by atoms with Gasteiger partial charge in [-0.3, -0.25) is 0 Å². The van der Waals surface area contributed by atoms with Gasteiger partial charge in [-0.1, -0.05) is 13.8 Å². The number of carbonyl (C=O) groups is 1. The Kier molecular flexibility index (Phi) is 5.76. The van der Waals surface area contributed by atoms with Crippen LogP contribution in [-0.2, 0) is 0 Å². The molecule has 0 spiro atoms. The zero-order valence-electron chi connectivity index (χ0n) is 12.1. The summed E-state index contributed by atoms with van der Waals surface area (Å²) in [4.78, 5) is 17.6. The molecule has 5 heteroatoms. The number of aromatic carboxylic acids is 1. The Hall–Kier alpha value is -1.62. The highest BCUT2D eigenvalue weighted by molar-refractivity contribution is 5.88. The topological polar surface area (TPSA) is 65.5 Å². The number of carboxylic acid groups (broad SMARTS) is 1. The molecule has 2 N–H and O–H groups in total. The number of nitrogens with zero attached hydrogens (tertiary/aromatic N) is 2. The third kappa shape index (κ3) is 5.26. The van der Waals surface area contributed by atoms with Gasteiger partial charge >= 0.3 is 5.97 Å². The van der Waals surface area contributed by atoms with E-state index in [-0.39, 0.29) is 11.5 Å². The highest BCUT2D eigenvalue weighted by Crippen LogP contribution is 2.17. The molecule has 5 nitrogen and oxygen atoms in total. The van der Waals surface area contributed by atoms with Crippen LogP contribution in [0.2, 0.25) is 0 Å². The summed E-state index contributed by atoms with van der Waals surface area (Å²) in [6.45, 7) is 5.78. The molecule has 1 heterocycles. The van der Waals surface area contributed by atoms with Crippen molar-refractivity contribution in [3.05, 3.63) is 23.4 Å². The summed E-state index contributed by atoms with van der Waals surface area (Å²) < 4.78 is 0. The minimum Gasteiger partial charge on any atom is -0.478 e. The standard InChI is InChI=1S/C14H23N3O2/c1-10(2)12-8-11(14(18)19)9-13(16-12)15-6-5-7-17(3)4/h8-10H,5-7H2,1-4H3,(H,15,16)(H,18,19). The van der Waals surface area contributed by atoms with Crippen LogP contribution in [0.25, 0.3) is 0 Å². The Morgan fingerprint density at radius 1 is 1.42 bits per heavy atom. The Morgan fingerprint density at radius 2 is 2.11 bits per heavy atom. The summed E-state index contributed by atoms with van der Waals surface area (Å²) in [5, 5.41) is 12.3. The Bertz CT molecular complexity index is 431. The predicted molar refractivity (Wildman–Crippen MR) is 76.9 cm³/mol. The van der Waals surface area contributed by atoms with E-state index < -0.39 is 5.97 Å². The Labute approximate surface area is 114 Å². The molecule has 1 aromatic heterocycles. The molecule has 0 atom stereocenters. The van der Waals surface area contributed by atoms with Gasteiger partial charge in [0.1, 0.15) is 5.82 Å². The van der Waals surface area contributed by atoms with Gasteiger partial charge in [0.15, 0.2) is 0 Å². The Balaban J connectivity index is 2.73. The summed E-state index contributed by atoms with van der Waals surface area (Å²) >= 11 is 0. The average molecular weight is 265 g/mol. The molecule has 0 fully saturated rings. The normalized spacial score (nSPS) is 11.1. The van der Waals surface area contributed by atoms with Crippen LogP contribution in [0.3, 0.4) is 0 Å². The first-order chi connectivity index (χ1) is 8.90. The summed E-state index contributed by atoms with van der Waals surface area (Å²) in [6, 6.07) is 3.22. The first-order valence-electron chi connectivity index (χ1n) is 6.54. The van der Waals surface area contributed by atoms with Crippen LogP contribution >= 0.6 is 0 Å². The molecule has 0 aromatic carbocycles. The van der Waals surface area contributed by atoms with E-state index in [1.165, 1.54) is 0 Å². The smallest absolute Gasteiger partial charge is 0.335 e. The van der Waals surface area contributed by atoms with Crippen molar-refractivity contribution in [2.75, 3.05) is 32.5 Å². The third-order valence-corrected chi connectivity index (χ3v) is 2.77. The summed E-state index contributed by atoms with van der Waals surface area (Å²) in [6.07, 6.45) is 0.989. The zero-order valence-corrected chi connectivity index (χ0v) is 12.1. The molecule has 0 saturated heterocycles. The zero-order chi connectivity index (χ0) is 14.4. The number of rotatable bonds is 7. The van der Waals surface area contributed by atoms with Crippen LogP contribution < -0.4 is 5.32 Å². The van der Waals surface area contributed by atoms with Gasteiger partial charge in [0.05, 0.1) is 5.56 Å². The van der Waals surface area contributed by atoms with E-state index in [0.717, 1.165) is 25.2 Å². The molecule has 19 heavy (non-hydrogen) atoms. The molecule has 1 rings (SSSR count). The number of nitrogens with one attached hydrogen (secondary N) is 1. The molecule has 0 unspecified atom stereocenters. The van der Waals surface area contributed by atoms with Crippen molar-refractivity contribution in [2.24, 2.45) is 0 Å². The second kappa shape index (κ2) is 7.09. The van der Waals surface area contributed by atoms with Crippen molar-refractivity contribution >= 4 is 11.8 Å². The summed E-state index contributed by atoms with van der Waals surface area (Å²) in [5.41, 5.74) is 1.09. The van der Waals surface area contributed by atoms with Gasteiger partial charge in [0.2, 0.25) is 0 Å². The highest BCUT2D eigenvalue weighted by atomic mass is 16.4. The molecular weight excluding hydrogens is 242 g/mol. The molecule has 0 aliphatic carbocycles. The van der Waals surface area contributed by atoms with Gasteiger partial charge in [-0.05, 0) is 45.1 Å². The van der Waals surface area contributed by atoms with Crippen molar-refractivity contribution in [3.63, 3.8) is 0 Å². The van der Waals surface area contributed by atoms with E-state index in [2.05, 4.69) is 15.2 Å². The van der Waals surface area contributed by atoms with Crippen molar-refractivity contribution in [1.82, 2.24) is 9.88 Å². The van der Waals surface area contributed by atoms with E-state index >= 15 is 0 Å². The maximum Gasteiger partial charge on any atom is 0.335 e. The van der Waals surface area contributed by atoms with E-state index in [1.54, 1.807) is 12.1 Å². The lowest BCUT2D eigenvalue weighted by molar-refractivity contribution is 0.0696. The number of hydrogen-bond acceptors (Lipinski definition) is 4. The van der Waals surface area contributed by atoms with Crippen LogP contribution in [0.1, 0.15) is 42.2 Å². The minimum atomic E-state index is -0.916. The van der Waals surface area contributed by atoms with Gasteiger partial charge in [-0.15, -0.1) is 0 Å². The van der Waals surface area contributed by atoms with Gasteiger partial charge in [-0.2, -0.15) is 0 Å². The van der Waals surface area contributed by atoms with Crippen LogP contribution in [0.15, 0.2) is 12.1 Å². The van der Waals surface area contributed by atoms with Crippen LogP contribution in [0.4, 0.5) is 5.82 Å². The van der Waals surface area contributed by atoms with Crippen LogP contribution in [0, 0.1) is 0 Å². The van der Waals surface area contributed by atoms with Crippen molar-refractivity contribution < 1.29 is 9.90 Å². The van der Waals surface area contributed by atoms with Crippen molar-refractivity contribution in [2.45, 2.75) is 26.2 Å². The van der Waals surface area contributed by atoms with E-state index in [4.69, 9.17) is 5.11 Å². The van der Waals surface area contributed by atoms with Crippen LogP contribution in [-0.4, -0.2) is 48.1 Å². The van der Waals surface area contributed by atoms with Crippen LogP contribution in [0.5, 0.6) is 0 Å². The van der Waals surface area contributed by atoms with Gasteiger partial charge in [0.25, 0.3) is 0 Å². The van der Waals surface area contributed by atoms with Gasteiger partial charge in [0, 0.05) is 12.2 Å². The third-order valence-electron chi connectivity index (χ3n) is 2.77. The molecule has 0 amide bonds. The summed E-state index contributed by atoms with van der Waals surface area (Å²) in [5.74, 6) is -0.0652. The largest absolute Gasteiger partial charge is 0.478 e. The second-order valence-electron chi connectivity index (χ2n) is 5.21. The minimum absolute atomic E-state index is 0.210. The lowest BCUT2D eigenvalue weighted by Crippen LogP contribution is -2.17. The van der Waals surface area contributed by atoms with Crippen molar-refractivity contribution in [1.29, 1.82) is 0 Å². The van der Waals surface area contributed by atoms with Gasteiger partial charge in [-0.25, -0.2) is 9.78 Å². The lowest BCUT2D eigenvalue weighted by atomic mass is 10.1. The summed E-state index contributed by atoms with van der Waals surface area (Å²) in [7, 11) is 4.06. The molecule has 0 aliphatic heterocycles. The number of aromatic nitrogens is 1. The maximum atomic E-state index is 11.1. The maximum absolute atomic E-state index is 11.1. The van der Waals surface area contributed by atoms with E-state index in [0.29, 0.717) is 5.82 Å². The van der Waals surface area contributed by atoms with Gasteiger partial charge < -0.3 is 15.3 Å². The molecule has 0 saturated carbocycles. The number of carboxylic acids is 1.